The number of benzene rings is 1. The number of aryl methyl sites for hydroxylation is 2. The highest BCUT2D eigenvalue weighted by Gasteiger charge is 2.07. The summed E-state index contributed by atoms with van der Waals surface area (Å²) in [4.78, 5) is 10.9. The van der Waals surface area contributed by atoms with Crippen molar-refractivity contribution in [3.63, 3.8) is 0 Å². The third-order valence-electron chi connectivity index (χ3n) is 3.05. The van der Waals surface area contributed by atoms with Gasteiger partial charge < -0.3 is 5.32 Å². The fraction of sp³-hybridized carbons (Fsp3) is 0.200. The predicted molar refractivity (Wildman–Crippen MR) is 86.3 cm³/mol. The molecule has 1 N–H and O–H groups in total. The van der Waals surface area contributed by atoms with Crippen LogP contribution >= 0.6 is 22.9 Å². The van der Waals surface area contributed by atoms with Gasteiger partial charge in [0.05, 0.1) is 5.39 Å². The number of halogens is 1. The lowest BCUT2D eigenvalue weighted by atomic mass is 10.1. The van der Waals surface area contributed by atoms with Crippen molar-refractivity contribution in [2.45, 2.75) is 13.3 Å². The van der Waals surface area contributed by atoms with E-state index in [1.165, 1.54) is 10.4 Å². The molecule has 3 rings (SSSR count). The van der Waals surface area contributed by atoms with Gasteiger partial charge in [0.1, 0.15) is 17.0 Å². The third kappa shape index (κ3) is 2.76. The van der Waals surface area contributed by atoms with Crippen molar-refractivity contribution in [1.82, 2.24) is 9.97 Å². The molecular formula is C15H14ClN3S. The van der Waals surface area contributed by atoms with Gasteiger partial charge >= 0.3 is 0 Å². The first-order chi connectivity index (χ1) is 9.76. The Morgan fingerprint density at radius 2 is 2.00 bits per heavy atom. The topological polar surface area (TPSA) is 37.8 Å². The molecule has 2 heterocycles. The molecule has 0 amide bonds. The SMILES string of the molecule is Cc1cc2c(Nc3ccc(CCCl)cc3)ncnc2s1. The Balaban J connectivity index is 1.88. The van der Waals surface area contributed by atoms with Crippen LogP contribution in [0, 0.1) is 6.92 Å². The second-order valence-electron chi connectivity index (χ2n) is 4.56. The van der Waals surface area contributed by atoms with E-state index in [4.69, 9.17) is 11.6 Å². The van der Waals surface area contributed by atoms with Gasteiger partial charge in [0.15, 0.2) is 0 Å². The molecule has 5 heteroatoms. The first-order valence-corrected chi connectivity index (χ1v) is 7.74. The predicted octanol–water partition coefficient (Wildman–Crippen LogP) is 4.52. The molecule has 0 saturated carbocycles. The summed E-state index contributed by atoms with van der Waals surface area (Å²) in [6.45, 7) is 2.08. The number of alkyl halides is 1. The lowest BCUT2D eigenvalue weighted by Gasteiger charge is -2.07. The highest BCUT2D eigenvalue weighted by molar-refractivity contribution is 7.18. The molecule has 0 atom stereocenters. The lowest BCUT2D eigenvalue weighted by Crippen LogP contribution is -1.95. The Labute approximate surface area is 126 Å². The lowest BCUT2D eigenvalue weighted by molar-refractivity contribution is 1.15. The van der Waals surface area contributed by atoms with Gasteiger partial charge in [-0.25, -0.2) is 9.97 Å². The number of thiophene rings is 1. The molecule has 0 unspecified atom stereocenters. The average Bonchev–Trinajstić information content (AvgIpc) is 2.83. The van der Waals surface area contributed by atoms with Gasteiger partial charge in [-0.05, 0) is 37.1 Å². The van der Waals surface area contributed by atoms with Gasteiger partial charge in [0.25, 0.3) is 0 Å². The van der Waals surface area contributed by atoms with Gasteiger partial charge in [-0.3, -0.25) is 0 Å². The number of hydrogen-bond acceptors (Lipinski definition) is 4. The molecule has 0 bridgehead atoms. The molecule has 0 fully saturated rings. The van der Waals surface area contributed by atoms with E-state index >= 15 is 0 Å². The number of anilines is 2. The van der Waals surface area contributed by atoms with Gasteiger partial charge in [0, 0.05) is 16.4 Å². The highest BCUT2D eigenvalue weighted by Crippen LogP contribution is 2.29. The minimum atomic E-state index is 0.646. The minimum absolute atomic E-state index is 0.646. The maximum absolute atomic E-state index is 5.74. The van der Waals surface area contributed by atoms with Gasteiger partial charge in [-0.1, -0.05) is 12.1 Å². The number of fused-ring (bicyclic) bond motifs is 1. The van der Waals surface area contributed by atoms with Crippen LogP contribution in [0.5, 0.6) is 0 Å². The van der Waals surface area contributed by atoms with E-state index in [-0.39, 0.29) is 0 Å². The molecule has 0 aliphatic carbocycles. The molecule has 0 spiro atoms. The van der Waals surface area contributed by atoms with E-state index in [0.717, 1.165) is 28.1 Å². The van der Waals surface area contributed by atoms with Crippen molar-refractivity contribution in [2.75, 3.05) is 11.2 Å². The number of nitrogens with one attached hydrogen (secondary N) is 1. The first-order valence-electron chi connectivity index (χ1n) is 6.39. The van der Waals surface area contributed by atoms with E-state index in [0.29, 0.717) is 5.88 Å². The molecule has 0 aliphatic heterocycles. The zero-order valence-corrected chi connectivity index (χ0v) is 12.6. The van der Waals surface area contributed by atoms with Crippen LogP contribution in [-0.4, -0.2) is 15.8 Å². The zero-order chi connectivity index (χ0) is 13.9. The second-order valence-corrected chi connectivity index (χ2v) is 6.17. The molecule has 20 heavy (non-hydrogen) atoms. The summed E-state index contributed by atoms with van der Waals surface area (Å²) in [6, 6.07) is 10.4. The Hall–Kier alpha value is -1.65. The van der Waals surface area contributed by atoms with Crippen molar-refractivity contribution < 1.29 is 0 Å². The summed E-state index contributed by atoms with van der Waals surface area (Å²) in [5.41, 5.74) is 2.26. The van der Waals surface area contributed by atoms with Crippen LogP contribution in [0.3, 0.4) is 0 Å². The van der Waals surface area contributed by atoms with Crippen LogP contribution in [0.2, 0.25) is 0 Å². The van der Waals surface area contributed by atoms with Gasteiger partial charge in [-0.2, -0.15) is 0 Å². The summed E-state index contributed by atoms with van der Waals surface area (Å²) in [5.74, 6) is 1.50. The standard InChI is InChI=1S/C15H14ClN3S/c1-10-8-13-14(17-9-18-15(13)20-10)19-12-4-2-11(3-5-12)6-7-16/h2-5,8-9H,6-7H2,1H3,(H,17,18,19). The van der Waals surface area contributed by atoms with Crippen LogP contribution in [0.15, 0.2) is 36.7 Å². The molecule has 2 aromatic heterocycles. The van der Waals surface area contributed by atoms with E-state index < -0.39 is 0 Å². The summed E-state index contributed by atoms with van der Waals surface area (Å²) in [5, 5.41) is 4.42. The van der Waals surface area contributed by atoms with Gasteiger partial charge in [-0.15, -0.1) is 22.9 Å². The van der Waals surface area contributed by atoms with Crippen molar-refractivity contribution in [3.05, 3.63) is 47.1 Å². The molecule has 0 aliphatic rings. The van der Waals surface area contributed by atoms with E-state index in [9.17, 15) is 0 Å². The van der Waals surface area contributed by atoms with Crippen molar-refractivity contribution in [3.8, 4) is 0 Å². The third-order valence-corrected chi connectivity index (χ3v) is 4.20. The van der Waals surface area contributed by atoms with Crippen LogP contribution in [0.4, 0.5) is 11.5 Å². The zero-order valence-electron chi connectivity index (χ0n) is 11.1. The molecule has 0 radical (unpaired) electrons. The van der Waals surface area contributed by atoms with E-state index in [1.807, 2.05) is 0 Å². The summed E-state index contributed by atoms with van der Waals surface area (Å²) < 4.78 is 0. The average molecular weight is 304 g/mol. The van der Waals surface area contributed by atoms with Crippen molar-refractivity contribution >= 4 is 44.7 Å². The van der Waals surface area contributed by atoms with E-state index in [2.05, 4.69) is 52.5 Å². The largest absolute Gasteiger partial charge is 0.340 e. The highest BCUT2D eigenvalue weighted by atomic mass is 35.5. The Kier molecular flexibility index (Phi) is 3.85. The molecule has 3 nitrogen and oxygen atoms in total. The monoisotopic (exact) mass is 303 g/mol. The van der Waals surface area contributed by atoms with Crippen LogP contribution in [0.25, 0.3) is 10.2 Å². The maximum atomic E-state index is 5.74. The van der Waals surface area contributed by atoms with Crippen LogP contribution in [0.1, 0.15) is 10.4 Å². The Morgan fingerprint density at radius 1 is 1.20 bits per heavy atom. The number of hydrogen-bond donors (Lipinski definition) is 1. The number of aromatic nitrogens is 2. The molecule has 1 aromatic carbocycles. The smallest absolute Gasteiger partial charge is 0.142 e. The van der Waals surface area contributed by atoms with Crippen molar-refractivity contribution in [2.24, 2.45) is 0 Å². The first kappa shape index (κ1) is 13.3. The van der Waals surface area contributed by atoms with Crippen molar-refractivity contribution in [1.29, 1.82) is 0 Å². The molecular weight excluding hydrogens is 290 g/mol. The van der Waals surface area contributed by atoms with Crippen LogP contribution in [-0.2, 0) is 6.42 Å². The quantitative estimate of drug-likeness (QED) is 0.720. The fourth-order valence-corrected chi connectivity index (χ4v) is 3.14. The number of rotatable bonds is 4. The normalized spacial score (nSPS) is 10.9. The molecule has 102 valence electrons. The summed E-state index contributed by atoms with van der Waals surface area (Å²) in [6.07, 6.45) is 2.49. The fourth-order valence-electron chi connectivity index (χ4n) is 2.08. The number of nitrogens with zero attached hydrogens (tertiary/aromatic N) is 2. The minimum Gasteiger partial charge on any atom is -0.340 e. The van der Waals surface area contributed by atoms with E-state index in [1.54, 1.807) is 17.7 Å². The maximum Gasteiger partial charge on any atom is 0.142 e. The van der Waals surface area contributed by atoms with Crippen LogP contribution < -0.4 is 5.32 Å². The summed E-state index contributed by atoms with van der Waals surface area (Å²) >= 11 is 7.42. The molecule has 3 aromatic rings. The van der Waals surface area contributed by atoms with Gasteiger partial charge in [0.2, 0.25) is 0 Å². The Morgan fingerprint density at radius 3 is 2.75 bits per heavy atom. The molecule has 0 saturated heterocycles. The summed E-state index contributed by atoms with van der Waals surface area (Å²) in [7, 11) is 0. The Bertz CT molecular complexity index is 722. The second kappa shape index (κ2) is 5.77.